The van der Waals surface area contributed by atoms with Gasteiger partial charge in [-0.1, -0.05) is 35.9 Å². The van der Waals surface area contributed by atoms with Crippen LogP contribution < -0.4 is 4.72 Å². The Morgan fingerprint density at radius 3 is 2.56 bits per heavy atom. The molecule has 0 amide bonds. The molecule has 0 heterocycles. The van der Waals surface area contributed by atoms with Gasteiger partial charge in [0.05, 0.1) is 28.5 Å². The Balaban J connectivity index is 2.12. The minimum Gasteiger partial charge on any atom is -0.366 e. The van der Waals surface area contributed by atoms with Gasteiger partial charge in [-0.3, -0.25) is 4.72 Å². The Bertz CT molecular complexity index is 927. The van der Waals surface area contributed by atoms with Crippen LogP contribution in [0.4, 0.5) is 11.4 Å². The van der Waals surface area contributed by atoms with Gasteiger partial charge in [0.15, 0.2) is 0 Å². The van der Waals surface area contributed by atoms with Gasteiger partial charge in [-0.05, 0) is 56.0 Å². The zero-order valence-corrected chi connectivity index (χ0v) is 17.7. The molecule has 0 radical (unpaired) electrons. The maximum atomic E-state index is 12.5. The molecule has 0 spiro atoms. The van der Waals surface area contributed by atoms with Crippen LogP contribution in [0.2, 0.25) is 5.02 Å². The van der Waals surface area contributed by atoms with Gasteiger partial charge in [0.2, 0.25) is 10.0 Å². The maximum absolute atomic E-state index is 12.5. The molecule has 0 bridgehead atoms. The summed E-state index contributed by atoms with van der Waals surface area (Å²) in [6.07, 6.45) is 2.16. The fourth-order valence-corrected chi connectivity index (χ4v) is 3.83. The Labute approximate surface area is 167 Å². The van der Waals surface area contributed by atoms with E-state index in [0.717, 1.165) is 23.2 Å². The van der Waals surface area contributed by atoms with E-state index in [9.17, 15) is 8.42 Å². The topological polar surface area (TPSA) is 61.8 Å². The van der Waals surface area contributed by atoms with Crippen LogP contribution >= 0.6 is 11.6 Å². The van der Waals surface area contributed by atoms with Crippen LogP contribution in [0, 0.1) is 13.8 Å². The molecular formula is C20H26ClN3O2S. The lowest BCUT2D eigenvalue weighted by Gasteiger charge is -2.13. The predicted molar refractivity (Wildman–Crippen MR) is 115 cm³/mol. The number of benzene rings is 2. The second kappa shape index (κ2) is 9.24. The van der Waals surface area contributed by atoms with E-state index in [2.05, 4.69) is 9.71 Å². The Morgan fingerprint density at radius 1 is 1.19 bits per heavy atom. The number of nitrogens with one attached hydrogen (secondary N) is 1. The molecule has 5 nitrogen and oxygen atoms in total. The molecule has 1 N–H and O–H groups in total. The molecule has 2 aromatic rings. The van der Waals surface area contributed by atoms with E-state index in [1.54, 1.807) is 18.5 Å². The first-order chi connectivity index (χ1) is 12.7. The molecule has 0 saturated carbocycles. The van der Waals surface area contributed by atoms with Crippen molar-refractivity contribution in [3.05, 3.63) is 58.1 Å². The number of halogens is 1. The number of sulfonamides is 1. The average molecular weight is 408 g/mol. The van der Waals surface area contributed by atoms with E-state index in [1.807, 2.05) is 57.0 Å². The highest BCUT2D eigenvalue weighted by atomic mass is 35.5. The highest BCUT2D eigenvalue weighted by molar-refractivity contribution is 7.92. The summed E-state index contributed by atoms with van der Waals surface area (Å²) in [4.78, 5) is 6.28. The molecule has 0 fully saturated rings. The third kappa shape index (κ3) is 6.26. The molecular weight excluding hydrogens is 382 g/mol. The third-order valence-corrected chi connectivity index (χ3v) is 5.93. The summed E-state index contributed by atoms with van der Waals surface area (Å²) in [6.45, 7) is 6.67. The summed E-state index contributed by atoms with van der Waals surface area (Å²) in [7, 11) is -1.57. The van der Waals surface area contributed by atoms with Crippen molar-refractivity contribution in [2.75, 3.05) is 24.1 Å². The first-order valence-corrected chi connectivity index (χ1v) is 10.8. The summed E-state index contributed by atoms with van der Waals surface area (Å²) in [5.41, 5.74) is 3.98. The quantitative estimate of drug-likeness (QED) is 0.515. The Hall–Kier alpha value is -2.05. The Morgan fingerprint density at radius 2 is 1.89 bits per heavy atom. The van der Waals surface area contributed by atoms with Crippen molar-refractivity contribution in [3.8, 4) is 0 Å². The molecule has 7 heteroatoms. The van der Waals surface area contributed by atoms with E-state index < -0.39 is 10.0 Å². The van der Waals surface area contributed by atoms with Crippen molar-refractivity contribution in [3.63, 3.8) is 0 Å². The van der Waals surface area contributed by atoms with Crippen LogP contribution in [0.5, 0.6) is 0 Å². The maximum Gasteiger partial charge on any atom is 0.233 e. The van der Waals surface area contributed by atoms with Gasteiger partial charge in [-0.2, -0.15) is 0 Å². The van der Waals surface area contributed by atoms with Crippen LogP contribution in [0.1, 0.15) is 23.6 Å². The predicted octanol–water partition coefficient (Wildman–Crippen LogP) is 4.55. The van der Waals surface area contributed by atoms with Gasteiger partial charge in [0.25, 0.3) is 0 Å². The molecule has 146 valence electrons. The monoisotopic (exact) mass is 407 g/mol. The standard InChI is InChI=1S/C20H26ClN3O2S/c1-5-24(4)14-22-20-12-16(3)19(13-18(20)21)23-27(25,26)11-10-17-9-7-6-8-15(17)2/h6-9,12-14,23H,5,10-11H2,1-4H3/b22-14-. The van der Waals surface area contributed by atoms with Gasteiger partial charge in [0.1, 0.15) is 0 Å². The number of anilines is 1. The van der Waals surface area contributed by atoms with Crippen LogP contribution in [-0.2, 0) is 16.4 Å². The molecule has 27 heavy (non-hydrogen) atoms. The molecule has 0 aliphatic heterocycles. The SMILES string of the molecule is CCN(C)/C=N\c1cc(C)c(NS(=O)(=O)CCc2ccccc2C)cc1Cl. The number of rotatable bonds is 8. The van der Waals surface area contributed by atoms with Crippen molar-refractivity contribution in [2.24, 2.45) is 4.99 Å². The van der Waals surface area contributed by atoms with Gasteiger partial charge >= 0.3 is 0 Å². The molecule has 0 saturated heterocycles. The molecule has 2 aromatic carbocycles. The largest absolute Gasteiger partial charge is 0.366 e. The average Bonchev–Trinajstić information content (AvgIpc) is 2.62. The van der Waals surface area contributed by atoms with Crippen molar-refractivity contribution < 1.29 is 8.42 Å². The fraction of sp³-hybridized carbons (Fsp3) is 0.350. The molecule has 2 rings (SSSR count). The molecule has 0 unspecified atom stereocenters. The van der Waals surface area contributed by atoms with E-state index in [4.69, 9.17) is 11.6 Å². The van der Waals surface area contributed by atoms with E-state index >= 15 is 0 Å². The van der Waals surface area contributed by atoms with E-state index in [0.29, 0.717) is 22.8 Å². The first-order valence-electron chi connectivity index (χ1n) is 8.81. The van der Waals surface area contributed by atoms with E-state index in [1.165, 1.54) is 0 Å². The summed E-state index contributed by atoms with van der Waals surface area (Å²) in [5, 5.41) is 0.401. The van der Waals surface area contributed by atoms with Crippen LogP contribution in [0.25, 0.3) is 0 Å². The highest BCUT2D eigenvalue weighted by Crippen LogP contribution is 2.31. The van der Waals surface area contributed by atoms with Crippen molar-refractivity contribution >= 4 is 39.3 Å². The summed E-state index contributed by atoms with van der Waals surface area (Å²) in [6, 6.07) is 11.2. The van der Waals surface area contributed by atoms with Crippen molar-refractivity contribution in [2.45, 2.75) is 27.2 Å². The first kappa shape index (κ1) is 21.3. The fourth-order valence-electron chi connectivity index (χ4n) is 2.47. The molecule has 0 aliphatic carbocycles. The number of nitrogens with zero attached hydrogens (tertiary/aromatic N) is 2. The second-order valence-electron chi connectivity index (χ2n) is 6.53. The normalized spacial score (nSPS) is 11.7. The van der Waals surface area contributed by atoms with Gasteiger partial charge < -0.3 is 4.90 Å². The van der Waals surface area contributed by atoms with Crippen LogP contribution in [-0.4, -0.2) is 39.0 Å². The Kier molecular flexibility index (Phi) is 7.27. The van der Waals surface area contributed by atoms with Crippen LogP contribution in [0.3, 0.4) is 0 Å². The highest BCUT2D eigenvalue weighted by Gasteiger charge is 2.14. The lowest BCUT2D eigenvalue weighted by Crippen LogP contribution is -2.19. The van der Waals surface area contributed by atoms with Crippen LogP contribution in [0.15, 0.2) is 41.4 Å². The van der Waals surface area contributed by atoms with Gasteiger partial charge in [0, 0.05) is 13.6 Å². The summed E-state index contributed by atoms with van der Waals surface area (Å²) >= 11 is 6.28. The summed E-state index contributed by atoms with van der Waals surface area (Å²) in [5.74, 6) is 0.0100. The zero-order chi connectivity index (χ0) is 20.0. The van der Waals surface area contributed by atoms with Crippen molar-refractivity contribution in [1.29, 1.82) is 0 Å². The number of aryl methyl sites for hydroxylation is 3. The molecule has 0 aromatic heterocycles. The number of aliphatic imine (C=N–C) groups is 1. The smallest absolute Gasteiger partial charge is 0.233 e. The number of hydrogen-bond donors (Lipinski definition) is 1. The van der Waals surface area contributed by atoms with Gasteiger partial charge in [-0.15, -0.1) is 0 Å². The molecule has 0 atom stereocenters. The minimum atomic E-state index is -3.49. The minimum absolute atomic E-state index is 0.0100. The number of hydrogen-bond acceptors (Lipinski definition) is 3. The van der Waals surface area contributed by atoms with E-state index in [-0.39, 0.29) is 5.75 Å². The molecule has 0 aliphatic rings. The second-order valence-corrected chi connectivity index (χ2v) is 8.78. The lowest BCUT2D eigenvalue weighted by atomic mass is 10.1. The third-order valence-electron chi connectivity index (χ3n) is 4.35. The summed E-state index contributed by atoms with van der Waals surface area (Å²) < 4.78 is 27.6. The zero-order valence-electron chi connectivity index (χ0n) is 16.2. The van der Waals surface area contributed by atoms with Gasteiger partial charge in [-0.25, -0.2) is 13.4 Å². The lowest BCUT2D eigenvalue weighted by molar-refractivity contribution is 0.552. The van der Waals surface area contributed by atoms with Crippen molar-refractivity contribution in [1.82, 2.24) is 4.90 Å².